The quantitative estimate of drug-likeness (QED) is 0.769. The van der Waals surface area contributed by atoms with E-state index in [1.54, 1.807) is 0 Å². The summed E-state index contributed by atoms with van der Waals surface area (Å²) < 4.78 is 0. The lowest BCUT2D eigenvalue weighted by Gasteiger charge is -2.44. The first kappa shape index (κ1) is 13.4. The van der Waals surface area contributed by atoms with Crippen LogP contribution in [-0.4, -0.2) is 25.7 Å². The summed E-state index contributed by atoms with van der Waals surface area (Å²) >= 11 is 0. The van der Waals surface area contributed by atoms with Crippen molar-refractivity contribution in [1.82, 2.24) is 10.6 Å². The van der Waals surface area contributed by atoms with Crippen molar-refractivity contribution < 1.29 is 0 Å². The van der Waals surface area contributed by atoms with Gasteiger partial charge in [-0.05, 0) is 49.5 Å². The molecule has 0 aromatic rings. The largest absolute Gasteiger partial charge is 0.315 e. The molecule has 1 unspecified atom stereocenters. The van der Waals surface area contributed by atoms with Gasteiger partial charge in [-0.3, -0.25) is 0 Å². The lowest BCUT2D eigenvalue weighted by atomic mass is 9.67. The summed E-state index contributed by atoms with van der Waals surface area (Å²) in [7, 11) is 0. The van der Waals surface area contributed by atoms with Crippen LogP contribution < -0.4 is 10.6 Å². The van der Waals surface area contributed by atoms with Gasteiger partial charge < -0.3 is 10.6 Å². The zero-order chi connectivity index (χ0) is 12.4. The van der Waals surface area contributed by atoms with Gasteiger partial charge in [0.05, 0.1) is 0 Å². The predicted molar refractivity (Wildman–Crippen MR) is 74.3 cm³/mol. The standard InChI is InChI=1S/C15H30N2/c1-4-15(8-5-9-15)12-16-11-13-14(2,3)7-6-10-17-13/h13,16-17H,4-12H2,1-3H3. The molecule has 0 spiro atoms. The van der Waals surface area contributed by atoms with Crippen LogP contribution in [0.25, 0.3) is 0 Å². The van der Waals surface area contributed by atoms with E-state index in [-0.39, 0.29) is 0 Å². The minimum atomic E-state index is 0.463. The second-order valence-electron chi connectivity index (χ2n) is 6.94. The van der Waals surface area contributed by atoms with Crippen molar-refractivity contribution in [1.29, 1.82) is 0 Å². The smallest absolute Gasteiger partial charge is 0.0243 e. The Labute approximate surface area is 107 Å². The Kier molecular flexibility index (Phi) is 4.14. The van der Waals surface area contributed by atoms with Gasteiger partial charge >= 0.3 is 0 Å². The molecule has 2 aliphatic rings. The van der Waals surface area contributed by atoms with E-state index in [1.807, 2.05) is 0 Å². The second-order valence-corrected chi connectivity index (χ2v) is 6.94. The molecule has 1 saturated carbocycles. The Morgan fingerprint density at radius 2 is 1.94 bits per heavy atom. The van der Waals surface area contributed by atoms with Gasteiger partial charge in [0.1, 0.15) is 0 Å². The lowest BCUT2D eigenvalue weighted by Crippen LogP contribution is -2.53. The molecule has 2 nitrogen and oxygen atoms in total. The normalized spacial score (nSPS) is 30.9. The summed E-state index contributed by atoms with van der Waals surface area (Å²) in [6.45, 7) is 10.7. The van der Waals surface area contributed by atoms with Crippen molar-refractivity contribution >= 4 is 0 Å². The number of nitrogens with one attached hydrogen (secondary N) is 2. The van der Waals surface area contributed by atoms with Crippen molar-refractivity contribution in [2.45, 2.75) is 65.3 Å². The molecule has 1 aliphatic heterocycles. The number of hydrogen-bond acceptors (Lipinski definition) is 2. The number of hydrogen-bond donors (Lipinski definition) is 2. The van der Waals surface area contributed by atoms with Crippen LogP contribution in [0.4, 0.5) is 0 Å². The summed E-state index contributed by atoms with van der Waals surface area (Å²) in [5.41, 5.74) is 1.11. The van der Waals surface area contributed by atoms with Gasteiger partial charge in [-0.1, -0.05) is 27.2 Å². The van der Waals surface area contributed by atoms with E-state index in [1.165, 1.54) is 51.6 Å². The first-order chi connectivity index (χ1) is 8.08. The molecule has 1 aliphatic carbocycles. The molecule has 2 N–H and O–H groups in total. The second kappa shape index (κ2) is 5.27. The average Bonchev–Trinajstić information content (AvgIpc) is 2.24. The van der Waals surface area contributed by atoms with E-state index in [2.05, 4.69) is 31.4 Å². The zero-order valence-electron chi connectivity index (χ0n) is 11.9. The maximum atomic E-state index is 3.74. The maximum absolute atomic E-state index is 3.74. The van der Waals surface area contributed by atoms with Crippen molar-refractivity contribution in [3.05, 3.63) is 0 Å². The maximum Gasteiger partial charge on any atom is 0.0243 e. The van der Waals surface area contributed by atoms with E-state index in [0.29, 0.717) is 16.9 Å². The minimum Gasteiger partial charge on any atom is -0.315 e. The third-order valence-corrected chi connectivity index (χ3v) is 5.34. The highest BCUT2D eigenvalue weighted by atomic mass is 15.0. The van der Waals surface area contributed by atoms with E-state index < -0.39 is 0 Å². The minimum absolute atomic E-state index is 0.463. The Bertz CT molecular complexity index is 238. The highest BCUT2D eigenvalue weighted by molar-refractivity contribution is 4.92. The fourth-order valence-electron chi connectivity index (χ4n) is 3.43. The first-order valence-corrected chi connectivity index (χ1v) is 7.52. The molecule has 100 valence electrons. The van der Waals surface area contributed by atoms with Crippen LogP contribution in [0.2, 0.25) is 0 Å². The van der Waals surface area contributed by atoms with Gasteiger partial charge in [-0.15, -0.1) is 0 Å². The van der Waals surface area contributed by atoms with Gasteiger partial charge in [-0.25, -0.2) is 0 Å². The summed E-state index contributed by atoms with van der Waals surface area (Å²) in [6, 6.07) is 0.658. The average molecular weight is 238 g/mol. The summed E-state index contributed by atoms with van der Waals surface area (Å²) in [5, 5.41) is 7.43. The van der Waals surface area contributed by atoms with Crippen LogP contribution in [0, 0.1) is 10.8 Å². The topological polar surface area (TPSA) is 24.1 Å². The SMILES string of the molecule is CCC1(CNCC2NCCCC2(C)C)CCC1. The van der Waals surface area contributed by atoms with Crippen molar-refractivity contribution in [2.24, 2.45) is 10.8 Å². The Balaban J connectivity index is 1.74. The molecule has 0 radical (unpaired) electrons. The van der Waals surface area contributed by atoms with Crippen LogP contribution in [0.15, 0.2) is 0 Å². The Hall–Kier alpha value is -0.0800. The zero-order valence-corrected chi connectivity index (χ0v) is 11.9. The highest BCUT2D eigenvalue weighted by Gasteiger charge is 2.36. The fraction of sp³-hybridized carbons (Fsp3) is 1.00. The van der Waals surface area contributed by atoms with Gasteiger partial charge in [-0.2, -0.15) is 0 Å². The van der Waals surface area contributed by atoms with Crippen LogP contribution in [-0.2, 0) is 0 Å². The summed E-state index contributed by atoms with van der Waals surface area (Å²) in [6.07, 6.45) is 8.38. The van der Waals surface area contributed by atoms with Gasteiger partial charge in [0.2, 0.25) is 0 Å². The Morgan fingerprint density at radius 1 is 1.18 bits per heavy atom. The van der Waals surface area contributed by atoms with Gasteiger partial charge in [0, 0.05) is 19.1 Å². The third-order valence-electron chi connectivity index (χ3n) is 5.34. The third kappa shape index (κ3) is 3.03. The molecular formula is C15H30N2. The molecule has 0 aromatic heterocycles. The molecule has 2 fully saturated rings. The lowest BCUT2D eigenvalue weighted by molar-refractivity contribution is 0.114. The molecule has 0 amide bonds. The van der Waals surface area contributed by atoms with Crippen molar-refractivity contribution in [3.63, 3.8) is 0 Å². The molecule has 1 heterocycles. The fourth-order valence-corrected chi connectivity index (χ4v) is 3.43. The summed E-state index contributed by atoms with van der Waals surface area (Å²) in [5.74, 6) is 0. The Morgan fingerprint density at radius 3 is 2.47 bits per heavy atom. The highest BCUT2D eigenvalue weighted by Crippen LogP contribution is 2.43. The van der Waals surface area contributed by atoms with E-state index in [4.69, 9.17) is 0 Å². The number of rotatable bonds is 5. The molecule has 0 bridgehead atoms. The van der Waals surface area contributed by atoms with Crippen LogP contribution in [0.3, 0.4) is 0 Å². The molecule has 17 heavy (non-hydrogen) atoms. The number of piperidine rings is 1. The van der Waals surface area contributed by atoms with E-state index in [0.717, 1.165) is 6.54 Å². The van der Waals surface area contributed by atoms with Crippen LogP contribution in [0.5, 0.6) is 0 Å². The molecule has 1 saturated heterocycles. The predicted octanol–water partition coefficient (Wildman–Crippen LogP) is 2.93. The molecule has 2 rings (SSSR count). The molecule has 1 atom stereocenters. The van der Waals surface area contributed by atoms with Crippen LogP contribution in [0.1, 0.15) is 59.3 Å². The van der Waals surface area contributed by atoms with E-state index >= 15 is 0 Å². The van der Waals surface area contributed by atoms with Crippen molar-refractivity contribution in [2.75, 3.05) is 19.6 Å². The summed E-state index contributed by atoms with van der Waals surface area (Å²) in [4.78, 5) is 0. The van der Waals surface area contributed by atoms with E-state index in [9.17, 15) is 0 Å². The monoisotopic (exact) mass is 238 g/mol. The van der Waals surface area contributed by atoms with Crippen LogP contribution >= 0.6 is 0 Å². The van der Waals surface area contributed by atoms with Crippen molar-refractivity contribution in [3.8, 4) is 0 Å². The van der Waals surface area contributed by atoms with Gasteiger partial charge in [0.15, 0.2) is 0 Å². The first-order valence-electron chi connectivity index (χ1n) is 7.52. The van der Waals surface area contributed by atoms with Gasteiger partial charge in [0.25, 0.3) is 0 Å². The molecular weight excluding hydrogens is 208 g/mol. The molecule has 2 heteroatoms. The molecule has 0 aromatic carbocycles.